The Morgan fingerprint density at radius 2 is 1.87 bits per heavy atom. The zero-order valence-corrected chi connectivity index (χ0v) is 19.3. The van der Waals surface area contributed by atoms with Crippen LogP contribution in [0.4, 0.5) is 5.69 Å². The third kappa shape index (κ3) is 3.69. The van der Waals surface area contributed by atoms with Crippen molar-refractivity contribution in [1.82, 2.24) is 0 Å². The highest BCUT2D eigenvalue weighted by Crippen LogP contribution is 2.65. The summed E-state index contributed by atoms with van der Waals surface area (Å²) in [4.78, 5) is 15.5. The molecule has 0 aromatic heterocycles. The van der Waals surface area contributed by atoms with E-state index in [1.54, 1.807) is 6.21 Å². The van der Waals surface area contributed by atoms with Crippen molar-refractivity contribution >= 4 is 27.8 Å². The van der Waals surface area contributed by atoms with E-state index in [0.717, 1.165) is 18.3 Å². The van der Waals surface area contributed by atoms with Crippen LogP contribution in [0.25, 0.3) is 0 Å². The Hall–Kier alpha value is -2.21. The molecule has 6 rings (SSSR count). The van der Waals surface area contributed by atoms with Gasteiger partial charge >= 0.3 is 0 Å². The quantitative estimate of drug-likeness (QED) is 0.307. The van der Waals surface area contributed by atoms with Crippen molar-refractivity contribution in [2.75, 3.05) is 6.54 Å². The van der Waals surface area contributed by atoms with Gasteiger partial charge in [-0.05, 0) is 89.6 Å². The summed E-state index contributed by atoms with van der Waals surface area (Å²) in [6, 6.07) is 11.8. The summed E-state index contributed by atoms with van der Waals surface area (Å²) < 4.78 is 0.316. The molecule has 0 spiro atoms. The van der Waals surface area contributed by atoms with Gasteiger partial charge in [-0.15, -0.1) is 0 Å². The molecule has 4 bridgehead atoms. The van der Waals surface area contributed by atoms with Crippen molar-refractivity contribution in [3.05, 3.63) is 67.7 Å². The highest BCUT2D eigenvalue weighted by molar-refractivity contribution is 9.10. The molecule has 1 N–H and O–H groups in total. The maximum atomic E-state index is 11.2. The molecule has 0 heterocycles. The first-order valence-electron chi connectivity index (χ1n) is 11.0. The van der Waals surface area contributed by atoms with E-state index in [-0.39, 0.29) is 22.3 Å². The van der Waals surface area contributed by atoms with E-state index >= 15 is 0 Å². The molecule has 2 atom stereocenters. The number of phenolic OH excluding ortho intramolecular Hbond substituents is 1. The fourth-order valence-corrected chi connectivity index (χ4v) is 7.49. The van der Waals surface area contributed by atoms with Crippen LogP contribution in [0.1, 0.15) is 55.2 Å². The Bertz CT molecular complexity index is 1050. The molecule has 31 heavy (non-hydrogen) atoms. The second-order valence-electron chi connectivity index (χ2n) is 10.2. The molecule has 4 aliphatic carbocycles. The lowest BCUT2D eigenvalue weighted by molar-refractivity contribution is -0.385. The summed E-state index contributed by atoms with van der Waals surface area (Å²) >= 11 is 3.21. The van der Waals surface area contributed by atoms with E-state index in [0.29, 0.717) is 16.6 Å². The van der Waals surface area contributed by atoms with Gasteiger partial charge in [0.1, 0.15) is 5.75 Å². The molecule has 0 saturated heterocycles. The molecule has 0 aliphatic heterocycles. The third-order valence-corrected chi connectivity index (χ3v) is 8.40. The minimum atomic E-state index is -0.452. The Morgan fingerprint density at radius 1 is 1.19 bits per heavy atom. The van der Waals surface area contributed by atoms with Crippen LogP contribution in [0.5, 0.6) is 5.75 Å². The van der Waals surface area contributed by atoms with Gasteiger partial charge in [-0.3, -0.25) is 15.1 Å². The molecular weight excluding hydrogens is 456 g/mol. The highest BCUT2D eigenvalue weighted by Gasteiger charge is 2.57. The van der Waals surface area contributed by atoms with Crippen LogP contribution >= 0.6 is 15.9 Å². The summed E-state index contributed by atoms with van der Waals surface area (Å²) in [6.45, 7) is 2.86. The molecule has 4 fully saturated rings. The number of nitrogens with zero attached hydrogens (tertiary/aromatic N) is 2. The van der Waals surface area contributed by atoms with Crippen LogP contribution in [-0.4, -0.2) is 22.8 Å². The second-order valence-corrected chi connectivity index (χ2v) is 11.1. The first-order chi connectivity index (χ1) is 14.8. The predicted molar refractivity (Wildman–Crippen MR) is 125 cm³/mol. The van der Waals surface area contributed by atoms with Gasteiger partial charge in [0.05, 0.1) is 9.40 Å². The lowest BCUT2D eigenvalue weighted by atomic mass is 9.43. The molecule has 5 nitrogen and oxygen atoms in total. The summed E-state index contributed by atoms with van der Waals surface area (Å²) in [5, 5.41) is 21.5. The van der Waals surface area contributed by atoms with Gasteiger partial charge in [0.25, 0.3) is 5.69 Å². The number of nitro groups is 1. The number of hydrogen-bond acceptors (Lipinski definition) is 4. The lowest BCUT2D eigenvalue weighted by Crippen LogP contribution is -2.55. The number of nitro benzene ring substituents is 1. The van der Waals surface area contributed by atoms with E-state index in [1.807, 2.05) is 0 Å². The average Bonchev–Trinajstić information content (AvgIpc) is 2.70. The van der Waals surface area contributed by atoms with Gasteiger partial charge in [0, 0.05) is 30.5 Å². The molecule has 0 amide bonds. The van der Waals surface area contributed by atoms with Crippen molar-refractivity contribution in [3.8, 4) is 5.75 Å². The van der Waals surface area contributed by atoms with Crippen molar-refractivity contribution in [2.24, 2.45) is 22.2 Å². The smallest absolute Gasteiger partial charge is 0.271 e. The van der Waals surface area contributed by atoms with E-state index in [2.05, 4.69) is 47.1 Å². The van der Waals surface area contributed by atoms with Gasteiger partial charge in [-0.2, -0.15) is 0 Å². The van der Waals surface area contributed by atoms with Crippen LogP contribution in [-0.2, 0) is 5.41 Å². The molecule has 4 saturated carbocycles. The van der Waals surface area contributed by atoms with Crippen molar-refractivity contribution in [1.29, 1.82) is 0 Å². The van der Waals surface area contributed by atoms with Gasteiger partial charge in [0.2, 0.25) is 0 Å². The van der Waals surface area contributed by atoms with Crippen molar-refractivity contribution in [3.63, 3.8) is 0 Å². The van der Waals surface area contributed by atoms with Crippen LogP contribution in [0.15, 0.2) is 45.9 Å². The van der Waals surface area contributed by atoms with Crippen molar-refractivity contribution < 1.29 is 10.0 Å². The van der Waals surface area contributed by atoms with Crippen LogP contribution in [0, 0.1) is 34.3 Å². The lowest BCUT2D eigenvalue weighted by Gasteiger charge is -2.62. The predicted octanol–water partition coefficient (Wildman–Crippen LogP) is 6.33. The molecule has 4 aliphatic rings. The van der Waals surface area contributed by atoms with E-state index in [9.17, 15) is 15.2 Å². The SMILES string of the molecule is Cc1ccc(C23C[C@H]4C[C@@H](CC(CN=Cc5cc([N+](=O)[O-])cc(Br)c5O)(C4)C2)C3)cc1. The van der Waals surface area contributed by atoms with Crippen LogP contribution in [0.2, 0.25) is 0 Å². The third-order valence-electron chi connectivity index (χ3n) is 7.79. The molecule has 0 radical (unpaired) electrons. The van der Waals surface area contributed by atoms with E-state index in [4.69, 9.17) is 4.99 Å². The minimum Gasteiger partial charge on any atom is -0.506 e. The van der Waals surface area contributed by atoms with Crippen LogP contribution < -0.4 is 0 Å². The molecule has 6 heteroatoms. The number of aliphatic imine (C=N–C) groups is 1. The number of aryl methyl sites for hydroxylation is 1. The monoisotopic (exact) mass is 482 g/mol. The fraction of sp³-hybridized carbons (Fsp3) is 0.480. The summed E-state index contributed by atoms with van der Waals surface area (Å²) in [5.74, 6) is 1.52. The zero-order valence-electron chi connectivity index (χ0n) is 17.7. The maximum Gasteiger partial charge on any atom is 0.271 e. The summed E-state index contributed by atoms with van der Waals surface area (Å²) in [5.41, 5.74) is 3.58. The highest BCUT2D eigenvalue weighted by atomic mass is 79.9. The van der Waals surface area contributed by atoms with Crippen LogP contribution in [0.3, 0.4) is 0 Å². The Morgan fingerprint density at radius 3 is 2.52 bits per heavy atom. The Kier molecular flexibility index (Phi) is 4.96. The van der Waals surface area contributed by atoms with E-state index in [1.165, 1.54) is 55.4 Å². The molecule has 2 aromatic carbocycles. The van der Waals surface area contributed by atoms with Gasteiger partial charge in [0.15, 0.2) is 0 Å². The minimum absolute atomic E-state index is 0.00372. The molecular formula is C25H27BrN2O3. The second kappa shape index (κ2) is 7.44. The number of non-ortho nitro benzene ring substituents is 1. The van der Waals surface area contributed by atoms with Gasteiger partial charge < -0.3 is 5.11 Å². The first kappa shape index (κ1) is 20.7. The Labute approximate surface area is 190 Å². The Balaban J connectivity index is 1.41. The summed E-state index contributed by atoms with van der Waals surface area (Å²) in [7, 11) is 0. The van der Waals surface area contributed by atoms with Gasteiger partial charge in [-0.1, -0.05) is 29.8 Å². The normalized spacial score (nSPS) is 31.4. The molecule has 162 valence electrons. The number of rotatable bonds is 5. The molecule has 0 unspecified atom stereocenters. The number of hydrogen-bond donors (Lipinski definition) is 1. The first-order valence-corrected chi connectivity index (χ1v) is 11.8. The molecule has 2 aromatic rings. The largest absolute Gasteiger partial charge is 0.506 e. The average molecular weight is 483 g/mol. The maximum absolute atomic E-state index is 11.2. The standard InChI is InChI=1S/C25H27BrN2O3/c1-16-2-4-20(5-3-16)25-11-17-6-18(12-25)10-24(9-17,14-25)15-27-13-19-7-21(28(30)31)8-22(26)23(19)29/h2-5,7-8,13,17-18,29H,6,9-12,14-15H2,1H3/t17-,18-,24?,25?/m0/s1. The fourth-order valence-electron chi connectivity index (χ4n) is 7.03. The number of phenols is 1. The topological polar surface area (TPSA) is 75.7 Å². The van der Waals surface area contributed by atoms with E-state index < -0.39 is 4.92 Å². The summed E-state index contributed by atoms with van der Waals surface area (Å²) in [6.07, 6.45) is 9.14. The number of halogens is 1. The van der Waals surface area contributed by atoms with Crippen molar-refractivity contribution in [2.45, 2.75) is 50.9 Å². The number of benzene rings is 2. The number of aromatic hydroxyl groups is 1. The van der Waals surface area contributed by atoms with Gasteiger partial charge in [-0.25, -0.2) is 0 Å². The zero-order chi connectivity index (χ0) is 21.8.